The highest BCUT2D eigenvalue weighted by molar-refractivity contribution is 5.79. The molecule has 8 heteroatoms. The van der Waals surface area contributed by atoms with E-state index >= 15 is 0 Å². The summed E-state index contributed by atoms with van der Waals surface area (Å²) in [6.07, 6.45) is -0.874. The lowest BCUT2D eigenvalue weighted by Crippen LogP contribution is -2.39. The topological polar surface area (TPSA) is 65.9 Å². The molecule has 5 nitrogen and oxygen atoms in total. The number of aryl methyl sites for hydroxylation is 1. The minimum absolute atomic E-state index is 0.0270. The van der Waals surface area contributed by atoms with Crippen LogP contribution in [0.5, 0.6) is 5.75 Å². The molecule has 0 bridgehead atoms. The summed E-state index contributed by atoms with van der Waals surface area (Å²) in [6.45, 7) is 1.76. The summed E-state index contributed by atoms with van der Waals surface area (Å²) in [5.74, 6) is 0.222. The molecule has 1 atom stereocenters. The number of aliphatic hydroxyl groups is 1. The molecule has 2 aromatic rings. The third-order valence-corrected chi connectivity index (χ3v) is 3.95. The molecule has 28 heavy (non-hydrogen) atoms. The highest BCUT2D eigenvalue weighted by Crippen LogP contribution is 2.19. The molecule has 0 fully saturated rings. The van der Waals surface area contributed by atoms with Crippen LogP contribution in [0.15, 0.2) is 47.5 Å². The van der Waals surface area contributed by atoms with Crippen LogP contribution in [-0.4, -0.2) is 30.8 Å². The van der Waals surface area contributed by atoms with Crippen LogP contribution in [0.2, 0.25) is 0 Å². The van der Waals surface area contributed by atoms with Gasteiger partial charge < -0.3 is 20.5 Å². The first-order chi connectivity index (χ1) is 13.4. The minimum Gasteiger partial charge on any atom is -0.435 e. The molecule has 152 valence electrons. The van der Waals surface area contributed by atoms with Gasteiger partial charge in [-0.1, -0.05) is 24.3 Å². The van der Waals surface area contributed by atoms with Crippen molar-refractivity contribution < 1.29 is 23.0 Å². The van der Waals surface area contributed by atoms with Crippen molar-refractivity contribution in [1.82, 2.24) is 10.6 Å². The Labute approximate surface area is 162 Å². The smallest absolute Gasteiger partial charge is 0.387 e. The summed E-state index contributed by atoms with van der Waals surface area (Å²) in [5.41, 5.74) is 1.85. The minimum atomic E-state index is -2.89. The van der Waals surface area contributed by atoms with E-state index < -0.39 is 12.7 Å². The largest absolute Gasteiger partial charge is 0.435 e. The zero-order valence-electron chi connectivity index (χ0n) is 15.8. The molecule has 0 saturated heterocycles. The molecule has 2 aromatic carbocycles. The fraction of sp³-hybridized carbons (Fsp3) is 0.350. The Morgan fingerprint density at radius 3 is 2.46 bits per heavy atom. The van der Waals surface area contributed by atoms with Crippen LogP contribution < -0.4 is 15.4 Å². The Bertz CT molecular complexity index is 783. The van der Waals surface area contributed by atoms with Crippen LogP contribution in [0.3, 0.4) is 0 Å². The standard InChI is InChI=1S/C20H24F3N3O2/c1-3-24-20(25-11-14-5-4-13(2)17(21)10-14)26-12-18(27)15-6-8-16(9-7-15)28-19(22)23/h4-10,18-19,27H,3,11-12H2,1-2H3,(H2,24,25,26). The highest BCUT2D eigenvalue weighted by Gasteiger charge is 2.10. The lowest BCUT2D eigenvalue weighted by atomic mass is 10.1. The maximum absolute atomic E-state index is 13.6. The second kappa shape index (κ2) is 10.6. The molecule has 2 rings (SSSR count). The first kappa shape index (κ1) is 21.6. The van der Waals surface area contributed by atoms with Gasteiger partial charge in [-0.15, -0.1) is 0 Å². The Morgan fingerprint density at radius 2 is 1.86 bits per heavy atom. The third kappa shape index (κ3) is 6.77. The van der Waals surface area contributed by atoms with Gasteiger partial charge in [0, 0.05) is 13.1 Å². The Morgan fingerprint density at radius 1 is 1.14 bits per heavy atom. The maximum Gasteiger partial charge on any atom is 0.387 e. The first-order valence-electron chi connectivity index (χ1n) is 8.89. The van der Waals surface area contributed by atoms with E-state index in [1.807, 2.05) is 13.0 Å². The number of halogens is 3. The predicted octanol–water partition coefficient (Wildman–Crippen LogP) is 3.52. The Balaban J connectivity index is 1.94. The fourth-order valence-corrected chi connectivity index (χ4v) is 2.43. The number of aliphatic hydroxyl groups excluding tert-OH is 1. The molecule has 0 aliphatic heterocycles. The third-order valence-electron chi connectivity index (χ3n) is 3.95. The summed E-state index contributed by atoms with van der Waals surface area (Å²) in [5, 5.41) is 16.3. The van der Waals surface area contributed by atoms with E-state index in [0.29, 0.717) is 23.6 Å². The molecular formula is C20H24F3N3O2. The average Bonchev–Trinajstić information content (AvgIpc) is 2.66. The SMILES string of the molecule is CCNC(=NCc1ccc(C)c(F)c1)NCC(O)c1ccc(OC(F)F)cc1. The molecule has 3 N–H and O–H groups in total. The van der Waals surface area contributed by atoms with Crippen molar-refractivity contribution in [2.45, 2.75) is 33.1 Å². The van der Waals surface area contributed by atoms with Gasteiger partial charge >= 0.3 is 6.61 Å². The lowest BCUT2D eigenvalue weighted by molar-refractivity contribution is -0.0498. The lowest BCUT2D eigenvalue weighted by Gasteiger charge is -2.16. The quantitative estimate of drug-likeness (QED) is 0.473. The van der Waals surface area contributed by atoms with E-state index in [4.69, 9.17) is 0 Å². The van der Waals surface area contributed by atoms with Gasteiger partial charge in [0.25, 0.3) is 0 Å². The van der Waals surface area contributed by atoms with Crippen molar-refractivity contribution in [2.24, 2.45) is 4.99 Å². The number of guanidine groups is 1. The van der Waals surface area contributed by atoms with E-state index in [9.17, 15) is 18.3 Å². The highest BCUT2D eigenvalue weighted by atomic mass is 19.3. The number of rotatable bonds is 8. The van der Waals surface area contributed by atoms with E-state index in [-0.39, 0.29) is 24.7 Å². The molecule has 0 radical (unpaired) electrons. The Hall–Kier alpha value is -2.74. The van der Waals surface area contributed by atoms with Crippen molar-refractivity contribution in [2.75, 3.05) is 13.1 Å². The number of nitrogens with zero attached hydrogens (tertiary/aromatic N) is 1. The van der Waals surface area contributed by atoms with Gasteiger partial charge in [-0.25, -0.2) is 9.38 Å². The second-order valence-electron chi connectivity index (χ2n) is 6.12. The van der Waals surface area contributed by atoms with Crippen LogP contribution in [-0.2, 0) is 6.54 Å². The summed E-state index contributed by atoms with van der Waals surface area (Å²) in [6, 6.07) is 10.7. The van der Waals surface area contributed by atoms with E-state index in [2.05, 4.69) is 20.4 Å². The summed E-state index contributed by atoms with van der Waals surface area (Å²) in [7, 11) is 0. The number of nitrogens with one attached hydrogen (secondary N) is 2. The number of ether oxygens (including phenoxy) is 1. The summed E-state index contributed by atoms with van der Waals surface area (Å²) >= 11 is 0. The number of hydrogen-bond donors (Lipinski definition) is 3. The van der Waals surface area contributed by atoms with Gasteiger partial charge in [0.2, 0.25) is 0 Å². The zero-order valence-corrected chi connectivity index (χ0v) is 15.8. The first-order valence-corrected chi connectivity index (χ1v) is 8.89. The van der Waals surface area contributed by atoms with Gasteiger partial charge in [-0.2, -0.15) is 8.78 Å². The Kier molecular flexibility index (Phi) is 8.13. The molecule has 0 aliphatic rings. The van der Waals surface area contributed by atoms with Crippen molar-refractivity contribution in [3.05, 3.63) is 65.0 Å². The number of hydrogen-bond acceptors (Lipinski definition) is 3. The van der Waals surface area contributed by atoms with Crippen molar-refractivity contribution in [1.29, 1.82) is 0 Å². The van der Waals surface area contributed by atoms with Crippen molar-refractivity contribution in [3.8, 4) is 5.75 Å². The van der Waals surface area contributed by atoms with Gasteiger partial charge in [0.15, 0.2) is 5.96 Å². The van der Waals surface area contributed by atoms with Crippen LogP contribution in [0, 0.1) is 12.7 Å². The second-order valence-corrected chi connectivity index (χ2v) is 6.12. The van der Waals surface area contributed by atoms with E-state index in [1.165, 1.54) is 30.3 Å². The monoisotopic (exact) mass is 395 g/mol. The predicted molar refractivity (Wildman–Crippen MR) is 102 cm³/mol. The van der Waals surface area contributed by atoms with Crippen LogP contribution in [0.1, 0.15) is 29.7 Å². The van der Waals surface area contributed by atoms with Crippen LogP contribution in [0.25, 0.3) is 0 Å². The summed E-state index contributed by atoms with van der Waals surface area (Å²) < 4.78 is 42.3. The average molecular weight is 395 g/mol. The molecule has 0 amide bonds. The molecular weight excluding hydrogens is 371 g/mol. The van der Waals surface area contributed by atoms with Crippen molar-refractivity contribution in [3.63, 3.8) is 0 Å². The number of benzene rings is 2. The normalized spacial score (nSPS) is 12.8. The van der Waals surface area contributed by atoms with E-state index in [0.717, 1.165) is 5.56 Å². The molecule has 0 heterocycles. The fourth-order valence-electron chi connectivity index (χ4n) is 2.43. The van der Waals surface area contributed by atoms with Gasteiger partial charge in [-0.3, -0.25) is 0 Å². The zero-order chi connectivity index (χ0) is 20.5. The molecule has 0 aromatic heterocycles. The summed E-state index contributed by atoms with van der Waals surface area (Å²) in [4.78, 5) is 4.38. The van der Waals surface area contributed by atoms with Crippen molar-refractivity contribution >= 4 is 5.96 Å². The maximum atomic E-state index is 13.6. The number of aliphatic imine (C=N–C) groups is 1. The van der Waals surface area contributed by atoms with Crippen LogP contribution in [0.4, 0.5) is 13.2 Å². The number of alkyl halides is 2. The molecule has 0 saturated carbocycles. The van der Waals surface area contributed by atoms with Gasteiger partial charge in [0.1, 0.15) is 11.6 Å². The van der Waals surface area contributed by atoms with Crippen LogP contribution >= 0.6 is 0 Å². The van der Waals surface area contributed by atoms with Gasteiger partial charge in [-0.05, 0) is 48.7 Å². The molecule has 0 spiro atoms. The molecule has 0 aliphatic carbocycles. The van der Waals surface area contributed by atoms with Gasteiger partial charge in [0.05, 0.1) is 12.6 Å². The molecule has 1 unspecified atom stereocenters. The van der Waals surface area contributed by atoms with E-state index in [1.54, 1.807) is 13.0 Å².